The van der Waals surface area contributed by atoms with E-state index in [1.165, 1.54) is 0 Å². The molecule has 48 heavy (non-hydrogen) atoms. The summed E-state index contributed by atoms with van der Waals surface area (Å²) in [7, 11) is 0. The summed E-state index contributed by atoms with van der Waals surface area (Å²) < 4.78 is 26.7. The molecule has 1 aliphatic rings. The molecule has 3 aromatic rings. The molecule has 1 heterocycles. The summed E-state index contributed by atoms with van der Waals surface area (Å²) in [5, 5.41) is 9.75. The monoisotopic (exact) mass is 665 g/mol. The van der Waals surface area contributed by atoms with E-state index >= 15 is 0 Å². The molecule has 0 bridgehead atoms. The third-order valence-corrected chi connectivity index (χ3v) is 6.25. The number of nitrogens with one attached hydrogen (secondary N) is 1. The van der Waals surface area contributed by atoms with Gasteiger partial charge in [0.1, 0.15) is 6.17 Å². The zero-order chi connectivity index (χ0) is 36.4. The van der Waals surface area contributed by atoms with E-state index in [0.717, 1.165) is 18.5 Å². The van der Waals surface area contributed by atoms with E-state index in [0.29, 0.717) is 36.9 Å². The van der Waals surface area contributed by atoms with Crippen molar-refractivity contribution in [3.05, 3.63) is 129 Å². The molecular weight excluding hydrogens is 612 g/mol. The molecule has 0 amide bonds. The van der Waals surface area contributed by atoms with E-state index in [1.54, 1.807) is 42.5 Å². The van der Waals surface area contributed by atoms with Gasteiger partial charge >= 0.3 is 0 Å². The molecule has 1 aliphatic heterocycles. The molecule has 4 rings (SSSR count). The van der Waals surface area contributed by atoms with Crippen LogP contribution in [0.15, 0.2) is 101 Å². The summed E-state index contributed by atoms with van der Waals surface area (Å²) in [5.41, 5.74) is 18.1. The van der Waals surface area contributed by atoms with Crippen molar-refractivity contribution in [2.75, 3.05) is 19.6 Å². The number of ketones is 2. The Morgan fingerprint density at radius 2 is 1.27 bits per heavy atom. The lowest BCUT2D eigenvalue weighted by molar-refractivity contribution is 0.0871. The van der Waals surface area contributed by atoms with Crippen LogP contribution in [0.3, 0.4) is 0 Å². The Morgan fingerprint density at radius 1 is 0.792 bits per heavy atom. The van der Waals surface area contributed by atoms with E-state index in [4.69, 9.17) is 11.1 Å². The molecule has 3 aromatic carbocycles. The van der Waals surface area contributed by atoms with E-state index in [9.17, 15) is 18.4 Å². The van der Waals surface area contributed by atoms with Crippen molar-refractivity contribution < 1.29 is 18.4 Å². The van der Waals surface area contributed by atoms with Gasteiger partial charge < -0.3 is 5.32 Å². The number of nitrogens with zero attached hydrogens (tertiary/aromatic N) is 6. The van der Waals surface area contributed by atoms with Crippen LogP contribution >= 0.6 is 0 Å². The van der Waals surface area contributed by atoms with Gasteiger partial charge in [0, 0.05) is 40.5 Å². The number of alkyl halides is 2. The van der Waals surface area contributed by atoms with Crippen LogP contribution in [-0.2, 0) is 0 Å². The molecule has 1 fully saturated rings. The maximum atomic E-state index is 13.5. The number of carbonyl (C=O) groups excluding carboxylic acids is 2. The number of Topliss-reactive ketones (excluding diaryl/α,β-unsaturated/α-hetero) is 2. The van der Waals surface area contributed by atoms with Crippen LogP contribution < -0.4 is 5.32 Å². The number of hydrogen-bond donors (Lipinski definition) is 1. The van der Waals surface area contributed by atoms with Crippen LogP contribution in [0.1, 0.15) is 106 Å². The Bertz CT molecular complexity index is 1300. The lowest BCUT2D eigenvalue weighted by atomic mass is 9.96. The van der Waals surface area contributed by atoms with Crippen molar-refractivity contribution in [2.24, 2.45) is 10.2 Å². The first-order valence-corrected chi connectivity index (χ1v) is 16.7. The van der Waals surface area contributed by atoms with Gasteiger partial charge in [-0.1, -0.05) is 143 Å². The zero-order valence-electron chi connectivity index (χ0n) is 29.3. The van der Waals surface area contributed by atoms with Crippen molar-refractivity contribution in [2.45, 2.75) is 92.0 Å². The summed E-state index contributed by atoms with van der Waals surface area (Å²) >= 11 is 0. The average Bonchev–Trinajstić information content (AvgIpc) is 3.17. The lowest BCUT2D eigenvalue weighted by Gasteiger charge is -2.27. The van der Waals surface area contributed by atoms with Crippen LogP contribution in [-0.4, -0.2) is 43.5 Å². The predicted molar refractivity (Wildman–Crippen MR) is 194 cm³/mol. The Kier molecular flexibility index (Phi) is 30.7. The molecule has 3 atom stereocenters. The third kappa shape index (κ3) is 20.5. The SMILES string of the molecule is CC.CC.CC.FC1CCCNC1c1ccccc1.[N-]=[N+]=NCCC(F)C(=O)c1ccccc1.[N-]=[N+]=NCCCC(=O)c1ccccc1. The summed E-state index contributed by atoms with van der Waals surface area (Å²) in [4.78, 5) is 28.0. The number of halogens is 2. The van der Waals surface area contributed by atoms with Gasteiger partial charge in [0.25, 0.3) is 0 Å². The van der Waals surface area contributed by atoms with Gasteiger partial charge in [-0.15, -0.1) is 0 Å². The van der Waals surface area contributed by atoms with Crippen molar-refractivity contribution in [3.63, 3.8) is 0 Å². The molecule has 3 unspecified atom stereocenters. The number of carbonyl (C=O) groups is 2. The summed E-state index contributed by atoms with van der Waals surface area (Å²) in [6.07, 6.45) is 0.282. The third-order valence-electron chi connectivity index (χ3n) is 6.25. The molecule has 0 spiro atoms. The smallest absolute Gasteiger partial charge is 0.196 e. The topological polar surface area (TPSA) is 144 Å². The van der Waals surface area contributed by atoms with Gasteiger partial charge in [-0.3, -0.25) is 9.59 Å². The number of azide groups is 2. The predicted octanol–water partition coefficient (Wildman–Crippen LogP) is 11.4. The van der Waals surface area contributed by atoms with Gasteiger partial charge in [-0.05, 0) is 48.9 Å². The largest absolute Gasteiger partial charge is 0.308 e. The fraction of sp³-hybridized carbons (Fsp3) is 0.459. The first-order chi connectivity index (χ1) is 23.5. The molecule has 9 nitrogen and oxygen atoms in total. The van der Waals surface area contributed by atoms with Gasteiger partial charge in [0.05, 0.1) is 6.04 Å². The summed E-state index contributed by atoms with van der Waals surface area (Å²) in [5.74, 6) is -0.470. The fourth-order valence-electron chi connectivity index (χ4n) is 4.09. The highest BCUT2D eigenvalue weighted by atomic mass is 19.1. The highest BCUT2D eigenvalue weighted by molar-refractivity contribution is 5.99. The second-order valence-electron chi connectivity index (χ2n) is 9.29. The minimum atomic E-state index is -1.60. The normalized spacial score (nSPS) is 14.4. The molecule has 0 aliphatic carbocycles. The quantitative estimate of drug-likeness (QED) is 0.0715. The summed E-state index contributed by atoms with van der Waals surface area (Å²) in [6, 6.07) is 27.1. The molecule has 1 saturated heterocycles. The van der Waals surface area contributed by atoms with E-state index in [1.807, 2.05) is 90.1 Å². The van der Waals surface area contributed by atoms with E-state index in [-0.39, 0.29) is 24.8 Å². The highest BCUT2D eigenvalue weighted by Gasteiger charge is 2.25. The fourth-order valence-corrected chi connectivity index (χ4v) is 4.09. The van der Waals surface area contributed by atoms with Crippen LogP contribution in [0.2, 0.25) is 0 Å². The second-order valence-corrected chi connectivity index (χ2v) is 9.29. The van der Waals surface area contributed by atoms with Gasteiger partial charge in [-0.2, -0.15) is 0 Å². The first-order valence-electron chi connectivity index (χ1n) is 16.7. The maximum Gasteiger partial charge on any atom is 0.196 e. The van der Waals surface area contributed by atoms with E-state index < -0.39 is 18.1 Å². The van der Waals surface area contributed by atoms with Crippen LogP contribution in [0.5, 0.6) is 0 Å². The van der Waals surface area contributed by atoms with Crippen LogP contribution in [0.25, 0.3) is 20.9 Å². The van der Waals surface area contributed by atoms with Gasteiger partial charge in [0.2, 0.25) is 0 Å². The molecule has 0 saturated carbocycles. The van der Waals surface area contributed by atoms with Crippen molar-refractivity contribution >= 4 is 11.6 Å². The lowest BCUT2D eigenvalue weighted by Crippen LogP contribution is -2.35. The second kappa shape index (κ2) is 32.4. The highest BCUT2D eigenvalue weighted by Crippen LogP contribution is 2.25. The minimum Gasteiger partial charge on any atom is -0.308 e. The first kappa shape index (κ1) is 45.6. The number of hydrogen-bond acceptors (Lipinski definition) is 5. The zero-order valence-corrected chi connectivity index (χ0v) is 29.3. The van der Waals surface area contributed by atoms with Gasteiger partial charge in [0.15, 0.2) is 17.7 Å². The standard InChI is InChI=1S/C11H14FN.C10H10FN3O.C10H11N3O.3C2H6/c12-10-7-4-8-13-11(10)9-5-2-1-3-6-9;11-9(6-7-13-14-12)10(15)8-4-2-1-3-5-8;11-13-12-8-4-7-10(14)9-5-2-1-3-6-9;3*1-2/h1-3,5-6,10-11,13H,4,7-8H2;1-5,9H,6-7H2;1-3,5-6H,4,7-8H2;3*1-2H3. The van der Waals surface area contributed by atoms with Crippen molar-refractivity contribution in [3.8, 4) is 0 Å². The van der Waals surface area contributed by atoms with Crippen LogP contribution in [0.4, 0.5) is 8.78 Å². The molecule has 0 aromatic heterocycles. The Hall–Kier alpha value is -4.56. The molecular formula is C37H53F2N7O2. The minimum absolute atomic E-state index is 0.00373. The van der Waals surface area contributed by atoms with E-state index in [2.05, 4.69) is 25.4 Å². The number of piperidine rings is 1. The molecule has 11 heteroatoms. The Labute approximate surface area is 285 Å². The Morgan fingerprint density at radius 3 is 1.77 bits per heavy atom. The molecule has 0 radical (unpaired) electrons. The maximum absolute atomic E-state index is 13.5. The van der Waals surface area contributed by atoms with Crippen molar-refractivity contribution in [1.82, 2.24) is 5.32 Å². The molecule has 262 valence electrons. The average molecular weight is 666 g/mol. The number of rotatable bonds is 11. The summed E-state index contributed by atoms with van der Waals surface area (Å²) in [6.45, 7) is 13.3. The number of benzene rings is 3. The van der Waals surface area contributed by atoms with Crippen molar-refractivity contribution in [1.29, 1.82) is 0 Å². The molecule has 1 N–H and O–H groups in total. The van der Waals surface area contributed by atoms with Gasteiger partial charge in [-0.25, -0.2) is 8.78 Å². The Balaban J connectivity index is 0. The van der Waals surface area contributed by atoms with Crippen LogP contribution in [0, 0.1) is 0 Å².